The molecule has 1 aliphatic carbocycles. The van der Waals surface area contributed by atoms with Crippen LogP contribution in [0.25, 0.3) is 0 Å². The Labute approximate surface area is 178 Å². The van der Waals surface area contributed by atoms with Crippen molar-refractivity contribution in [3.63, 3.8) is 0 Å². The monoisotopic (exact) mass is 431 g/mol. The number of aromatic nitrogens is 1. The van der Waals surface area contributed by atoms with E-state index in [2.05, 4.69) is 4.98 Å². The first-order valence-electron chi connectivity index (χ1n) is 9.68. The Morgan fingerprint density at radius 2 is 1.59 bits per heavy atom. The lowest BCUT2D eigenvalue weighted by atomic mass is 9.81. The minimum absolute atomic E-state index is 0.00878. The van der Waals surface area contributed by atoms with E-state index in [-0.39, 0.29) is 41.5 Å². The van der Waals surface area contributed by atoms with Crippen molar-refractivity contribution < 1.29 is 19.1 Å². The highest BCUT2D eigenvalue weighted by atomic mass is 35.5. The Morgan fingerprint density at radius 3 is 2.14 bits per heavy atom. The normalized spacial score (nSPS) is 30.1. The lowest BCUT2D eigenvalue weighted by Crippen LogP contribution is -2.29. The summed E-state index contributed by atoms with van der Waals surface area (Å²) < 4.78 is 11.7. The molecule has 2 saturated heterocycles. The number of pyridine rings is 1. The molecule has 3 aliphatic rings. The van der Waals surface area contributed by atoms with E-state index < -0.39 is 5.92 Å². The third kappa shape index (κ3) is 2.90. The van der Waals surface area contributed by atoms with Gasteiger partial charge in [-0.3, -0.25) is 9.59 Å². The number of halogens is 2. The van der Waals surface area contributed by atoms with Gasteiger partial charge in [0.15, 0.2) is 11.6 Å². The zero-order chi connectivity index (χ0) is 20.4. The first kappa shape index (κ1) is 19.0. The van der Waals surface area contributed by atoms with Crippen LogP contribution in [0.1, 0.15) is 35.4 Å². The predicted octanol–water partition coefficient (Wildman–Crippen LogP) is 4.83. The van der Waals surface area contributed by atoms with Crippen LogP contribution in [0.2, 0.25) is 10.0 Å². The number of hydrogen-bond donors (Lipinski definition) is 0. The van der Waals surface area contributed by atoms with Crippen LogP contribution in [-0.2, 0) is 14.3 Å². The predicted molar refractivity (Wildman–Crippen MR) is 108 cm³/mol. The molecule has 1 aromatic carbocycles. The molecule has 5 rings (SSSR count). The number of rotatable bonds is 3. The maximum absolute atomic E-state index is 13.2. The van der Waals surface area contributed by atoms with Crippen molar-refractivity contribution in [1.82, 2.24) is 4.98 Å². The van der Waals surface area contributed by atoms with Crippen LogP contribution in [0.4, 0.5) is 0 Å². The van der Waals surface area contributed by atoms with Crippen LogP contribution in [0.3, 0.4) is 0 Å². The zero-order valence-corrected chi connectivity index (χ0v) is 17.5. The fraction of sp³-hybridized carbons (Fsp3) is 0.409. The molecule has 3 heterocycles. The number of Topliss-reactive ketones (excluding diaryl/α,β-unsaturated/α-hetero) is 2. The van der Waals surface area contributed by atoms with E-state index in [0.29, 0.717) is 15.8 Å². The van der Waals surface area contributed by atoms with Crippen molar-refractivity contribution in [2.75, 3.05) is 0 Å². The highest BCUT2D eigenvalue weighted by Gasteiger charge is 2.63. The summed E-state index contributed by atoms with van der Waals surface area (Å²) >= 11 is 12.0. The molecule has 29 heavy (non-hydrogen) atoms. The number of hydrogen-bond acceptors (Lipinski definition) is 5. The average Bonchev–Trinajstić information content (AvgIpc) is 3.33. The molecule has 0 radical (unpaired) electrons. The SMILES string of the molecule is Cc1cc(Oc2ncc(Cl)cc2Cl)cc(C)c1C1C(=O)[C@@H]2[C@H](C1=O)[C@H]1CC[C@@H]2O1. The van der Waals surface area contributed by atoms with Gasteiger partial charge in [-0.05, 0) is 61.6 Å². The van der Waals surface area contributed by atoms with E-state index in [0.717, 1.165) is 29.5 Å². The minimum Gasteiger partial charge on any atom is -0.438 e. The van der Waals surface area contributed by atoms with Gasteiger partial charge in [-0.15, -0.1) is 0 Å². The first-order chi connectivity index (χ1) is 13.8. The van der Waals surface area contributed by atoms with Gasteiger partial charge in [0.2, 0.25) is 5.88 Å². The molecule has 0 N–H and O–H groups in total. The summed E-state index contributed by atoms with van der Waals surface area (Å²) in [6.45, 7) is 3.79. The van der Waals surface area contributed by atoms with Crippen LogP contribution < -0.4 is 4.74 Å². The summed E-state index contributed by atoms with van der Waals surface area (Å²) in [4.78, 5) is 30.5. The van der Waals surface area contributed by atoms with E-state index >= 15 is 0 Å². The molecular weight excluding hydrogens is 413 g/mol. The second kappa shape index (κ2) is 6.79. The average molecular weight is 432 g/mol. The summed E-state index contributed by atoms with van der Waals surface area (Å²) in [6, 6.07) is 5.19. The summed E-state index contributed by atoms with van der Waals surface area (Å²) in [6.07, 6.45) is 3.02. The molecule has 2 aromatic rings. The summed E-state index contributed by atoms with van der Waals surface area (Å²) in [5.41, 5.74) is 2.46. The summed E-state index contributed by atoms with van der Waals surface area (Å²) in [5, 5.41) is 0.730. The number of ether oxygens (including phenoxy) is 2. The Kier molecular flexibility index (Phi) is 4.46. The number of aryl methyl sites for hydroxylation is 2. The molecule has 1 aromatic heterocycles. The first-order valence-corrected chi connectivity index (χ1v) is 10.4. The van der Waals surface area contributed by atoms with Crippen LogP contribution >= 0.6 is 23.2 Å². The Bertz CT molecular complexity index is 1000. The van der Waals surface area contributed by atoms with Crippen molar-refractivity contribution in [3.8, 4) is 11.6 Å². The minimum atomic E-state index is -0.705. The topological polar surface area (TPSA) is 65.5 Å². The highest BCUT2D eigenvalue weighted by molar-refractivity contribution is 6.35. The van der Waals surface area contributed by atoms with Crippen molar-refractivity contribution in [3.05, 3.63) is 51.1 Å². The molecule has 2 aliphatic heterocycles. The number of ketones is 2. The Balaban J connectivity index is 1.48. The van der Waals surface area contributed by atoms with Gasteiger partial charge in [0.05, 0.1) is 29.1 Å². The lowest BCUT2D eigenvalue weighted by Gasteiger charge is -2.18. The van der Waals surface area contributed by atoms with E-state index in [9.17, 15) is 9.59 Å². The molecular formula is C22H19Cl2NO4. The molecule has 7 heteroatoms. The number of carbonyl (C=O) groups excluding carboxylic acids is 2. The zero-order valence-electron chi connectivity index (χ0n) is 15.9. The van der Waals surface area contributed by atoms with Gasteiger partial charge in [0, 0.05) is 6.20 Å². The van der Waals surface area contributed by atoms with Crippen molar-refractivity contribution in [2.24, 2.45) is 11.8 Å². The molecule has 3 fully saturated rings. The maximum atomic E-state index is 13.2. The fourth-order valence-electron chi connectivity index (χ4n) is 5.25. The Morgan fingerprint density at radius 1 is 1.00 bits per heavy atom. The van der Waals surface area contributed by atoms with Crippen LogP contribution in [-0.4, -0.2) is 28.8 Å². The van der Waals surface area contributed by atoms with Gasteiger partial charge >= 0.3 is 0 Å². The molecule has 0 amide bonds. The quantitative estimate of drug-likeness (QED) is 0.651. The number of carbonyl (C=O) groups is 2. The molecule has 1 unspecified atom stereocenters. The Hall–Kier alpha value is -1.95. The number of nitrogens with zero attached hydrogens (tertiary/aromatic N) is 1. The van der Waals surface area contributed by atoms with E-state index in [1.54, 1.807) is 6.07 Å². The van der Waals surface area contributed by atoms with Gasteiger partial charge in [-0.25, -0.2) is 4.98 Å². The maximum Gasteiger partial charge on any atom is 0.238 e. The van der Waals surface area contributed by atoms with Gasteiger partial charge in [-0.2, -0.15) is 0 Å². The molecule has 2 bridgehead atoms. The van der Waals surface area contributed by atoms with Gasteiger partial charge in [0.1, 0.15) is 16.7 Å². The van der Waals surface area contributed by atoms with Crippen LogP contribution in [0, 0.1) is 25.7 Å². The fourth-order valence-corrected chi connectivity index (χ4v) is 5.67. The van der Waals surface area contributed by atoms with Crippen molar-refractivity contribution in [2.45, 2.75) is 44.8 Å². The van der Waals surface area contributed by atoms with Crippen molar-refractivity contribution in [1.29, 1.82) is 0 Å². The van der Waals surface area contributed by atoms with E-state index in [4.69, 9.17) is 32.7 Å². The third-order valence-electron chi connectivity index (χ3n) is 6.34. The van der Waals surface area contributed by atoms with Crippen LogP contribution in [0.15, 0.2) is 24.4 Å². The van der Waals surface area contributed by atoms with E-state index in [1.165, 1.54) is 6.20 Å². The van der Waals surface area contributed by atoms with Gasteiger partial charge < -0.3 is 9.47 Å². The summed E-state index contributed by atoms with van der Waals surface area (Å²) in [5.74, 6) is -0.454. The van der Waals surface area contributed by atoms with E-state index in [1.807, 2.05) is 26.0 Å². The molecule has 5 atom stereocenters. The van der Waals surface area contributed by atoms with Crippen molar-refractivity contribution >= 4 is 34.8 Å². The lowest BCUT2D eigenvalue weighted by molar-refractivity contribution is -0.127. The second-order valence-electron chi connectivity index (χ2n) is 8.09. The molecule has 1 saturated carbocycles. The summed E-state index contributed by atoms with van der Waals surface area (Å²) in [7, 11) is 0. The number of benzene rings is 1. The molecule has 150 valence electrons. The smallest absolute Gasteiger partial charge is 0.238 e. The molecule has 0 spiro atoms. The molecule has 5 nitrogen and oxygen atoms in total. The van der Waals surface area contributed by atoms with Crippen LogP contribution in [0.5, 0.6) is 11.6 Å². The largest absolute Gasteiger partial charge is 0.438 e. The van der Waals surface area contributed by atoms with Gasteiger partial charge in [0.25, 0.3) is 0 Å². The van der Waals surface area contributed by atoms with Gasteiger partial charge in [-0.1, -0.05) is 23.2 Å². The second-order valence-corrected chi connectivity index (χ2v) is 8.94. The standard InChI is InChI=1S/C22H19Cl2NO4/c1-9-5-12(28-22-13(24)7-11(23)8-25-22)6-10(2)16(9)19-20(26)17-14-3-4-15(29-14)18(17)21(19)27/h5-8,14-15,17-19H,3-4H2,1-2H3/t14-,15+,17-,18+,19?. The number of fused-ring (bicyclic) bond motifs is 5. The highest BCUT2D eigenvalue weighted by Crippen LogP contribution is 2.53. The third-order valence-corrected chi connectivity index (χ3v) is 6.82.